The van der Waals surface area contributed by atoms with Crippen LogP contribution in [0.4, 0.5) is 10.1 Å². The van der Waals surface area contributed by atoms with E-state index in [1.165, 1.54) is 12.1 Å². The maximum Gasteiger partial charge on any atom is 0.345 e. The highest BCUT2D eigenvalue weighted by molar-refractivity contribution is 5.80. The quantitative estimate of drug-likeness (QED) is 0.453. The summed E-state index contributed by atoms with van der Waals surface area (Å²) >= 11 is 0. The monoisotopic (exact) mass is 415 g/mol. The zero-order chi connectivity index (χ0) is 20.9. The molecule has 1 saturated heterocycles. The van der Waals surface area contributed by atoms with Gasteiger partial charge in [-0.3, -0.25) is 9.56 Å². The number of halogens is 1. The van der Waals surface area contributed by atoms with E-state index in [0.29, 0.717) is 6.54 Å². The van der Waals surface area contributed by atoms with Crippen LogP contribution in [0.1, 0.15) is 25.1 Å². The first-order chi connectivity index (χ1) is 14.7. The number of nitrogens with one attached hydrogen (secondary N) is 1. The highest BCUT2D eigenvalue weighted by Gasteiger charge is 2.20. The van der Waals surface area contributed by atoms with Gasteiger partial charge in [0.05, 0.1) is 0 Å². The molecule has 1 N–H and O–H groups in total. The summed E-state index contributed by atoms with van der Waals surface area (Å²) in [5.41, 5.74) is 1.07. The highest BCUT2D eigenvalue weighted by atomic mass is 19.1. The van der Waals surface area contributed by atoms with Gasteiger partial charge in [-0.05, 0) is 43.5 Å². The maximum atomic E-state index is 13.1. The molecule has 9 heteroatoms. The summed E-state index contributed by atoms with van der Waals surface area (Å²) in [4.78, 5) is 21.3. The van der Waals surface area contributed by atoms with Gasteiger partial charge in [-0.1, -0.05) is 0 Å². The molecular weight excluding hydrogens is 385 g/mol. The first-order valence-corrected chi connectivity index (χ1v) is 10.8. The summed E-state index contributed by atoms with van der Waals surface area (Å²) in [6, 6.07) is 6.66. The molecule has 0 aliphatic carbocycles. The Kier molecular flexibility index (Phi) is 6.35. The molecule has 2 aromatic rings. The normalized spacial score (nSPS) is 17.2. The van der Waals surface area contributed by atoms with Gasteiger partial charge in [0.15, 0.2) is 5.96 Å². The van der Waals surface area contributed by atoms with Crippen molar-refractivity contribution in [2.45, 2.75) is 38.8 Å². The Labute approximate surface area is 176 Å². The minimum Gasteiger partial charge on any atom is -0.368 e. The van der Waals surface area contributed by atoms with Gasteiger partial charge < -0.3 is 15.1 Å². The van der Waals surface area contributed by atoms with Crippen molar-refractivity contribution in [2.24, 2.45) is 4.99 Å². The van der Waals surface area contributed by atoms with Crippen LogP contribution in [0, 0.1) is 5.82 Å². The molecule has 0 amide bonds. The third-order valence-corrected chi connectivity index (χ3v) is 5.84. The largest absolute Gasteiger partial charge is 0.368 e. The van der Waals surface area contributed by atoms with Gasteiger partial charge in [0.25, 0.3) is 0 Å². The predicted molar refractivity (Wildman–Crippen MR) is 116 cm³/mol. The zero-order valence-electron chi connectivity index (χ0n) is 17.6. The van der Waals surface area contributed by atoms with E-state index in [0.717, 1.165) is 82.4 Å². The lowest BCUT2D eigenvalue weighted by Crippen LogP contribution is -2.52. The predicted octanol–water partition coefficient (Wildman–Crippen LogP) is 1.31. The van der Waals surface area contributed by atoms with Gasteiger partial charge in [-0.2, -0.15) is 5.10 Å². The van der Waals surface area contributed by atoms with Gasteiger partial charge in [0.1, 0.15) is 11.6 Å². The minimum absolute atomic E-state index is 0.0194. The Bertz CT molecular complexity index is 926. The maximum absolute atomic E-state index is 13.1. The lowest BCUT2D eigenvalue weighted by atomic mass is 10.2. The van der Waals surface area contributed by atoms with Crippen molar-refractivity contribution in [3.8, 4) is 0 Å². The fourth-order valence-electron chi connectivity index (χ4n) is 4.18. The molecule has 1 aromatic carbocycles. The molecule has 0 unspecified atom stereocenters. The average molecular weight is 416 g/mol. The van der Waals surface area contributed by atoms with Crippen LogP contribution in [0.3, 0.4) is 0 Å². The van der Waals surface area contributed by atoms with Crippen molar-refractivity contribution >= 4 is 11.6 Å². The van der Waals surface area contributed by atoms with E-state index in [4.69, 9.17) is 0 Å². The molecule has 0 saturated carbocycles. The molecule has 3 heterocycles. The number of nitrogens with zero attached hydrogens (tertiary/aromatic N) is 6. The molecule has 30 heavy (non-hydrogen) atoms. The fraction of sp³-hybridized carbons (Fsp3) is 0.571. The third kappa shape index (κ3) is 4.49. The molecule has 2 aliphatic heterocycles. The Hall–Kier alpha value is -2.84. The molecule has 0 atom stereocenters. The van der Waals surface area contributed by atoms with E-state index < -0.39 is 0 Å². The second-order valence-electron chi connectivity index (χ2n) is 7.81. The molecule has 0 bridgehead atoms. The first-order valence-electron chi connectivity index (χ1n) is 10.8. The molecule has 4 rings (SSSR count). The zero-order valence-corrected chi connectivity index (χ0v) is 17.6. The average Bonchev–Trinajstić information content (AvgIpc) is 3.10. The van der Waals surface area contributed by atoms with Gasteiger partial charge in [0.2, 0.25) is 0 Å². The van der Waals surface area contributed by atoms with Crippen molar-refractivity contribution in [3.63, 3.8) is 0 Å². The number of aromatic nitrogens is 3. The van der Waals surface area contributed by atoms with Gasteiger partial charge >= 0.3 is 5.69 Å². The molecule has 1 aromatic heterocycles. The van der Waals surface area contributed by atoms with Crippen LogP contribution in [0.25, 0.3) is 0 Å². The highest BCUT2D eigenvalue weighted by Crippen LogP contribution is 2.17. The van der Waals surface area contributed by atoms with Crippen LogP contribution in [0.15, 0.2) is 34.1 Å². The summed E-state index contributed by atoms with van der Waals surface area (Å²) < 4.78 is 16.6. The summed E-state index contributed by atoms with van der Waals surface area (Å²) in [6.07, 6.45) is 3.88. The smallest absolute Gasteiger partial charge is 0.345 e. The second kappa shape index (κ2) is 9.32. The summed E-state index contributed by atoms with van der Waals surface area (Å²) in [5, 5.41) is 7.90. The number of hydrogen-bond acceptors (Lipinski definition) is 4. The minimum atomic E-state index is -0.208. The van der Waals surface area contributed by atoms with Gasteiger partial charge in [-0.25, -0.2) is 13.9 Å². The second-order valence-corrected chi connectivity index (χ2v) is 7.81. The summed E-state index contributed by atoms with van der Waals surface area (Å²) in [5.74, 6) is 1.60. The number of anilines is 1. The number of rotatable bonds is 5. The molecule has 0 spiro atoms. The topological polar surface area (TPSA) is 70.7 Å². The van der Waals surface area contributed by atoms with Gasteiger partial charge in [0, 0.05) is 65.0 Å². The van der Waals surface area contributed by atoms with E-state index in [-0.39, 0.29) is 11.5 Å². The molecule has 1 fully saturated rings. The van der Waals surface area contributed by atoms with Gasteiger partial charge in [-0.15, -0.1) is 0 Å². The Morgan fingerprint density at radius 2 is 1.90 bits per heavy atom. The van der Waals surface area contributed by atoms with Crippen molar-refractivity contribution in [1.29, 1.82) is 0 Å². The Morgan fingerprint density at radius 1 is 1.13 bits per heavy atom. The summed E-state index contributed by atoms with van der Waals surface area (Å²) in [6.45, 7) is 5.57. The van der Waals surface area contributed by atoms with Crippen LogP contribution in [-0.2, 0) is 19.5 Å². The van der Waals surface area contributed by atoms with E-state index in [9.17, 15) is 9.18 Å². The number of aliphatic imine (C=N–C) groups is 1. The van der Waals surface area contributed by atoms with E-state index >= 15 is 0 Å². The molecule has 8 nitrogen and oxygen atoms in total. The molecule has 2 aliphatic rings. The molecule has 0 radical (unpaired) electrons. The lowest BCUT2D eigenvalue weighted by Gasteiger charge is -2.37. The van der Waals surface area contributed by atoms with Crippen LogP contribution in [0.2, 0.25) is 0 Å². The van der Waals surface area contributed by atoms with E-state index in [1.807, 2.05) is 16.7 Å². The summed E-state index contributed by atoms with van der Waals surface area (Å²) in [7, 11) is 1.79. The van der Waals surface area contributed by atoms with Crippen molar-refractivity contribution < 1.29 is 4.39 Å². The van der Waals surface area contributed by atoms with Crippen LogP contribution >= 0.6 is 0 Å². The van der Waals surface area contributed by atoms with E-state index in [2.05, 4.69) is 25.2 Å². The third-order valence-electron chi connectivity index (χ3n) is 5.84. The van der Waals surface area contributed by atoms with Crippen LogP contribution in [-0.4, -0.2) is 65.0 Å². The molecule has 162 valence electrons. The number of hydrogen-bond donors (Lipinski definition) is 1. The number of guanidine groups is 1. The number of benzene rings is 1. The Morgan fingerprint density at radius 3 is 2.60 bits per heavy atom. The number of piperazine rings is 1. The standard InChI is InChI=1S/C21H30FN7O/c1-23-20(27-15-13-26(14-16-27)18-8-6-17(22)7-9-18)24-10-4-12-29-21(30)28-11-3-2-5-19(28)25-29/h6-9H,2-5,10-16H2,1H3,(H,23,24). The van der Waals surface area contributed by atoms with Crippen molar-refractivity contribution in [2.75, 3.05) is 44.7 Å². The molecular formula is C21H30FN7O. The fourth-order valence-corrected chi connectivity index (χ4v) is 4.18. The van der Waals surface area contributed by atoms with Crippen molar-refractivity contribution in [1.82, 2.24) is 24.6 Å². The Balaban J connectivity index is 1.23. The lowest BCUT2D eigenvalue weighted by molar-refractivity contribution is 0.371. The van der Waals surface area contributed by atoms with Crippen LogP contribution in [0.5, 0.6) is 0 Å². The van der Waals surface area contributed by atoms with Crippen molar-refractivity contribution in [3.05, 3.63) is 46.4 Å². The van der Waals surface area contributed by atoms with E-state index in [1.54, 1.807) is 11.7 Å². The number of aryl methyl sites for hydroxylation is 2. The van der Waals surface area contributed by atoms with Crippen LogP contribution < -0.4 is 15.9 Å². The first kappa shape index (κ1) is 20.4. The number of fused-ring (bicyclic) bond motifs is 1. The SMILES string of the molecule is CN=C(NCCCn1nc2n(c1=O)CCCC2)N1CCN(c2ccc(F)cc2)CC1.